The SMILES string of the molecule is Cc1cc(C)cc(N2CC(CN)CCC2(C)C)c1. The van der Waals surface area contributed by atoms with Crippen molar-refractivity contribution in [3.63, 3.8) is 0 Å². The normalized spacial score (nSPS) is 23.2. The molecule has 0 aliphatic carbocycles. The highest BCUT2D eigenvalue weighted by atomic mass is 15.2. The van der Waals surface area contributed by atoms with Crippen LogP contribution in [0.2, 0.25) is 0 Å². The van der Waals surface area contributed by atoms with Crippen molar-refractivity contribution < 1.29 is 0 Å². The van der Waals surface area contributed by atoms with E-state index in [1.807, 2.05) is 0 Å². The van der Waals surface area contributed by atoms with Crippen molar-refractivity contribution in [2.24, 2.45) is 11.7 Å². The third-order valence-electron chi connectivity index (χ3n) is 4.19. The fourth-order valence-electron chi connectivity index (χ4n) is 3.04. The molecule has 0 amide bonds. The molecule has 2 rings (SSSR count). The van der Waals surface area contributed by atoms with Gasteiger partial charge in [-0.25, -0.2) is 0 Å². The number of nitrogens with two attached hydrogens (primary N) is 1. The molecule has 1 aromatic carbocycles. The summed E-state index contributed by atoms with van der Waals surface area (Å²) in [5, 5.41) is 0. The molecule has 1 fully saturated rings. The molecular weight excluding hydrogens is 220 g/mol. The Morgan fingerprint density at radius 2 is 1.83 bits per heavy atom. The first-order valence-corrected chi connectivity index (χ1v) is 6.98. The molecule has 1 heterocycles. The van der Waals surface area contributed by atoms with Gasteiger partial charge in [-0.2, -0.15) is 0 Å². The molecule has 1 atom stereocenters. The standard InChI is InChI=1S/C16H26N2/c1-12-7-13(2)9-15(8-12)18-11-14(10-17)5-6-16(18,3)4/h7-9,14H,5-6,10-11,17H2,1-4H3. The van der Waals surface area contributed by atoms with Crippen LogP contribution in [-0.4, -0.2) is 18.6 Å². The third-order valence-corrected chi connectivity index (χ3v) is 4.19. The predicted molar refractivity (Wildman–Crippen MR) is 79.1 cm³/mol. The number of aryl methyl sites for hydroxylation is 2. The molecule has 100 valence electrons. The van der Waals surface area contributed by atoms with Crippen molar-refractivity contribution in [1.82, 2.24) is 0 Å². The van der Waals surface area contributed by atoms with E-state index in [1.165, 1.54) is 29.7 Å². The highest BCUT2D eigenvalue weighted by Crippen LogP contribution is 2.35. The first kappa shape index (κ1) is 13.4. The highest BCUT2D eigenvalue weighted by molar-refractivity contribution is 5.53. The maximum atomic E-state index is 5.87. The predicted octanol–water partition coefficient (Wildman–Crippen LogP) is 3.26. The first-order valence-electron chi connectivity index (χ1n) is 6.98. The second-order valence-electron chi connectivity index (χ2n) is 6.41. The van der Waals surface area contributed by atoms with Gasteiger partial charge in [0.25, 0.3) is 0 Å². The Labute approximate surface area is 111 Å². The van der Waals surface area contributed by atoms with Gasteiger partial charge < -0.3 is 10.6 Å². The molecule has 18 heavy (non-hydrogen) atoms. The van der Waals surface area contributed by atoms with Gasteiger partial charge >= 0.3 is 0 Å². The summed E-state index contributed by atoms with van der Waals surface area (Å²) in [6.45, 7) is 10.9. The van der Waals surface area contributed by atoms with E-state index in [4.69, 9.17) is 5.73 Å². The highest BCUT2D eigenvalue weighted by Gasteiger charge is 2.33. The summed E-state index contributed by atoms with van der Waals surface area (Å²) >= 11 is 0. The zero-order chi connectivity index (χ0) is 13.3. The van der Waals surface area contributed by atoms with Crippen molar-refractivity contribution in [1.29, 1.82) is 0 Å². The van der Waals surface area contributed by atoms with Gasteiger partial charge in [0, 0.05) is 17.8 Å². The topological polar surface area (TPSA) is 29.3 Å². The third kappa shape index (κ3) is 2.69. The zero-order valence-corrected chi connectivity index (χ0v) is 12.2. The van der Waals surface area contributed by atoms with E-state index in [2.05, 4.69) is 50.8 Å². The van der Waals surface area contributed by atoms with Crippen molar-refractivity contribution in [3.8, 4) is 0 Å². The van der Waals surface area contributed by atoms with Gasteiger partial charge in [0.1, 0.15) is 0 Å². The lowest BCUT2D eigenvalue weighted by molar-refractivity contribution is 0.295. The molecule has 1 unspecified atom stereocenters. The summed E-state index contributed by atoms with van der Waals surface area (Å²) in [7, 11) is 0. The lowest BCUT2D eigenvalue weighted by Crippen LogP contribution is -2.52. The van der Waals surface area contributed by atoms with Crippen LogP contribution in [0.5, 0.6) is 0 Å². The lowest BCUT2D eigenvalue weighted by Gasteiger charge is -2.47. The zero-order valence-electron chi connectivity index (χ0n) is 12.2. The molecule has 2 heteroatoms. The van der Waals surface area contributed by atoms with Crippen LogP contribution in [0.15, 0.2) is 18.2 Å². The van der Waals surface area contributed by atoms with Crippen LogP contribution >= 0.6 is 0 Å². The molecule has 1 aliphatic rings. The van der Waals surface area contributed by atoms with E-state index in [1.54, 1.807) is 0 Å². The fraction of sp³-hybridized carbons (Fsp3) is 0.625. The molecule has 2 N–H and O–H groups in total. The smallest absolute Gasteiger partial charge is 0.0376 e. The number of piperidine rings is 1. The molecule has 0 radical (unpaired) electrons. The summed E-state index contributed by atoms with van der Waals surface area (Å²) in [6, 6.07) is 6.84. The number of hydrogen-bond acceptors (Lipinski definition) is 2. The number of benzene rings is 1. The molecule has 0 bridgehead atoms. The second-order valence-corrected chi connectivity index (χ2v) is 6.41. The Bertz CT molecular complexity index is 403. The number of anilines is 1. The van der Waals surface area contributed by atoms with Crippen molar-refractivity contribution in [2.45, 2.75) is 46.1 Å². The molecule has 1 saturated heterocycles. The van der Waals surface area contributed by atoms with E-state index in [-0.39, 0.29) is 5.54 Å². The Kier molecular flexibility index (Phi) is 3.67. The molecule has 0 saturated carbocycles. The second kappa shape index (κ2) is 4.93. The van der Waals surface area contributed by atoms with E-state index in [0.717, 1.165) is 13.1 Å². The minimum absolute atomic E-state index is 0.242. The largest absolute Gasteiger partial charge is 0.366 e. The summed E-state index contributed by atoms with van der Waals surface area (Å²) in [4.78, 5) is 2.55. The average Bonchev–Trinajstić information content (AvgIpc) is 2.27. The quantitative estimate of drug-likeness (QED) is 0.868. The van der Waals surface area contributed by atoms with Gasteiger partial charge in [0.15, 0.2) is 0 Å². The van der Waals surface area contributed by atoms with Crippen LogP contribution < -0.4 is 10.6 Å². The van der Waals surface area contributed by atoms with Gasteiger partial charge in [0.05, 0.1) is 0 Å². The Balaban J connectivity index is 2.33. The van der Waals surface area contributed by atoms with Crippen LogP contribution in [0.4, 0.5) is 5.69 Å². The number of hydrogen-bond donors (Lipinski definition) is 1. The maximum absolute atomic E-state index is 5.87. The first-order chi connectivity index (χ1) is 8.42. The van der Waals surface area contributed by atoms with Gasteiger partial charge in [0.2, 0.25) is 0 Å². The van der Waals surface area contributed by atoms with Crippen LogP contribution in [0.3, 0.4) is 0 Å². The summed E-state index contributed by atoms with van der Waals surface area (Å²) in [5.74, 6) is 0.638. The minimum Gasteiger partial charge on any atom is -0.366 e. The molecule has 1 aromatic rings. The van der Waals surface area contributed by atoms with E-state index >= 15 is 0 Å². The van der Waals surface area contributed by atoms with Crippen molar-refractivity contribution in [3.05, 3.63) is 29.3 Å². The molecular formula is C16H26N2. The molecule has 0 aromatic heterocycles. The molecule has 2 nitrogen and oxygen atoms in total. The minimum atomic E-state index is 0.242. The summed E-state index contributed by atoms with van der Waals surface area (Å²) < 4.78 is 0. The number of nitrogens with zero attached hydrogens (tertiary/aromatic N) is 1. The van der Waals surface area contributed by atoms with Crippen LogP contribution in [0, 0.1) is 19.8 Å². The summed E-state index contributed by atoms with van der Waals surface area (Å²) in [5.41, 5.74) is 10.2. The summed E-state index contributed by atoms with van der Waals surface area (Å²) in [6.07, 6.45) is 2.48. The van der Waals surface area contributed by atoms with Crippen LogP contribution in [0.1, 0.15) is 37.8 Å². The molecule has 0 spiro atoms. The van der Waals surface area contributed by atoms with E-state index in [0.29, 0.717) is 5.92 Å². The van der Waals surface area contributed by atoms with Crippen LogP contribution in [-0.2, 0) is 0 Å². The van der Waals surface area contributed by atoms with Gasteiger partial charge in [-0.3, -0.25) is 0 Å². The average molecular weight is 246 g/mol. The Morgan fingerprint density at radius 1 is 1.22 bits per heavy atom. The fourth-order valence-corrected chi connectivity index (χ4v) is 3.04. The Hall–Kier alpha value is -1.02. The van der Waals surface area contributed by atoms with Gasteiger partial charge in [-0.15, -0.1) is 0 Å². The number of rotatable bonds is 2. The molecule has 1 aliphatic heterocycles. The van der Waals surface area contributed by atoms with E-state index in [9.17, 15) is 0 Å². The monoisotopic (exact) mass is 246 g/mol. The lowest BCUT2D eigenvalue weighted by atomic mass is 9.84. The van der Waals surface area contributed by atoms with Gasteiger partial charge in [-0.05, 0) is 76.3 Å². The van der Waals surface area contributed by atoms with Gasteiger partial charge in [-0.1, -0.05) is 6.07 Å². The Morgan fingerprint density at radius 3 is 2.39 bits per heavy atom. The van der Waals surface area contributed by atoms with Crippen molar-refractivity contribution in [2.75, 3.05) is 18.0 Å². The van der Waals surface area contributed by atoms with E-state index < -0.39 is 0 Å². The van der Waals surface area contributed by atoms with Crippen molar-refractivity contribution >= 4 is 5.69 Å². The van der Waals surface area contributed by atoms with Crippen LogP contribution in [0.25, 0.3) is 0 Å². The maximum Gasteiger partial charge on any atom is 0.0376 e.